The number of nitrogen functional groups attached to an aromatic ring is 1. The molecule has 0 spiro atoms. The van der Waals surface area contributed by atoms with E-state index in [1.807, 2.05) is 24.3 Å². The van der Waals surface area contributed by atoms with Crippen LogP contribution in [0, 0.1) is 0 Å². The zero-order chi connectivity index (χ0) is 26.6. The van der Waals surface area contributed by atoms with Gasteiger partial charge in [0.1, 0.15) is 11.3 Å². The molecule has 9 nitrogen and oxygen atoms in total. The van der Waals surface area contributed by atoms with E-state index in [1.165, 1.54) is 10.6 Å². The van der Waals surface area contributed by atoms with E-state index in [1.54, 1.807) is 30.5 Å². The van der Waals surface area contributed by atoms with Gasteiger partial charge < -0.3 is 9.42 Å². The maximum Gasteiger partial charge on any atom is 0.475 e. The van der Waals surface area contributed by atoms with Crippen molar-refractivity contribution in [3.05, 3.63) is 95.1 Å². The molecule has 0 saturated carbocycles. The number of pyridine rings is 2. The molecular formula is C24H23F3N4O5P+. The number of rotatable bonds is 9. The monoisotopic (exact) mass is 535 g/mol. The summed E-state index contributed by atoms with van der Waals surface area (Å²) < 4.78 is 66.4. The highest BCUT2D eigenvalue weighted by Crippen LogP contribution is 2.41. The molecule has 0 aliphatic carbocycles. The predicted octanol–water partition coefficient (Wildman–Crippen LogP) is 4.53. The molecule has 0 fully saturated rings. The lowest BCUT2D eigenvalue weighted by Crippen LogP contribution is -2.38. The fourth-order valence-corrected chi connectivity index (χ4v) is 3.90. The van der Waals surface area contributed by atoms with Gasteiger partial charge in [0.25, 0.3) is 5.82 Å². The molecule has 0 radical (unpaired) electrons. The van der Waals surface area contributed by atoms with Gasteiger partial charge in [0, 0.05) is 31.7 Å². The fourth-order valence-electron chi connectivity index (χ4n) is 3.52. The number of anilines is 1. The van der Waals surface area contributed by atoms with E-state index in [0.717, 1.165) is 24.3 Å². The largest absolute Gasteiger partial charge is 0.475 e. The maximum absolute atomic E-state index is 12.9. The summed E-state index contributed by atoms with van der Waals surface area (Å²) in [6, 6.07) is 16.3. The van der Waals surface area contributed by atoms with E-state index in [4.69, 9.17) is 14.8 Å². The van der Waals surface area contributed by atoms with Gasteiger partial charge >= 0.3 is 14.0 Å². The summed E-state index contributed by atoms with van der Waals surface area (Å²) in [6.07, 6.45) is -2.20. The summed E-state index contributed by atoms with van der Waals surface area (Å²) in [5, 5.41) is 4.09. The number of hydrogen-bond donors (Lipinski definition) is 2. The number of aromatic nitrogens is 3. The molecular weight excluding hydrogens is 512 g/mol. The van der Waals surface area contributed by atoms with Crippen molar-refractivity contribution >= 4 is 13.6 Å². The van der Waals surface area contributed by atoms with E-state index >= 15 is 0 Å². The van der Waals surface area contributed by atoms with Crippen LogP contribution in [0.5, 0.6) is 0 Å². The average molecular weight is 535 g/mol. The topological polar surface area (TPSA) is 125 Å². The van der Waals surface area contributed by atoms with Crippen LogP contribution >= 0.6 is 7.82 Å². The summed E-state index contributed by atoms with van der Waals surface area (Å²) >= 11 is 0. The van der Waals surface area contributed by atoms with Gasteiger partial charge in [0.2, 0.25) is 6.73 Å². The number of alkyl halides is 3. The summed E-state index contributed by atoms with van der Waals surface area (Å²) in [5.41, 5.74) is 8.48. The van der Waals surface area contributed by atoms with Crippen LogP contribution < -0.4 is 10.3 Å². The van der Waals surface area contributed by atoms with Gasteiger partial charge in [-0.25, -0.2) is 18.6 Å². The number of hydrogen-bond acceptors (Lipinski definition) is 7. The first-order valence-electron chi connectivity index (χ1n) is 10.9. The van der Waals surface area contributed by atoms with E-state index in [-0.39, 0.29) is 19.0 Å². The molecule has 0 bridgehead atoms. The van der Waals surface area contributed by atoms with E-state index in [9.17, 15) is 22.6 Å². The Hall–Kier alpha value is -3.57. The molecule has 0 saturated heterocycles. The SMILES string of the molecule is COP(=O)(O)OC[n+]1cccc(-c2cc(Cc3ccc(Cc4cccc(C(F)(F)F)n4)cc3)no2)c1N. The molecule has 4 rings (SSSR count). The highest BCUT2D eigenvalue weighted by Gasteiger charge is 2.32. The first-order chi connectivity index (χ1) is 17.5. The van der Waals surface area contributed by atoms with Crippen LogP contribution in [0.2, 0.25) is 0 Å². The Morgan fingerprint density at radius 2 is 1.73 bits per heavy atom. The molecule has 4 aromatic rings. The first-order valence-corrected chi connectivity index (χ1v) is 12.4. The Labute approximate surface area is 209 Å². The third-order valence-electron chi connectivity index (χ3n) is 5.42. The quantitative estimate of drug-likeness (QED) is 0.237. The number of halogens is 3. The van der Waals surface area contributed by atoms with Crippen LogP contribution in [0.15, 0.2) is 71.4 Å². The van der Waals surface area contributed by atoms with Crippen molar-refractivity contribution < 1.29 is 40.8 Å². The van der Waals surface area contributed by atoms with Crippen molar-refractivity contribution in [1.82, 2.24) is 10.1 Å². The first kappa shape index (κ1) is 26.5. The molecule has 0 aliphatic heterocycles. The molecule has 1 unspecified atom stereocenters. The molecule has 3 heterocycles. The van der Waals surface area contributed by atoms with E-state index < -0.39 is 19.7 Å². The lowest BCUT2D eigenvalue weighted by Gasteiger charge is -2.09. The van der Waals surface area contributed by atoms with Gasteiger partial charge in [-0.2, -0.15) is 13.2 Å². The van der Waals surface area contributed by atoms with Crippen molar-refractivity contribution in [2.24, 2.45) is 0 Å². The standard InChI is InChI=1S/C24H22F3N4O5P/c1-34-37(32,33)35-15-31-11-3-5-20(23(31)28)21-14-19(30-36-21)13-17-9-7-16(8-10-17)12-18-4-2-6-22(29-18)24(25,26)27/h2-11,14,28H,12-13,15H2,1H3,(H,32,33)/p+1. The minimum Gasteiger partial charge on any atom is -0.356 e. The minimum absolute atomic E-state index is 0.230. The Morgan fingerprint density at radius 3 is 2.38 bits per heavy atom. The Kier molecular flexibility index (Phi) is 7.74. The summed E-state index contributed by atoms with van der Waals surface area (Å²) in [5.74, 6) is 0.627. The van der Waals surface area contributed by atoms with Crippen molar-refractivity contribution in [2.75, 3.05) is 12.8 Å². The van der Waals surface area contributed by atoms with Gasteiger partial charge in [-0.1, -0.05) is 35.5 Å². The summed E-state index contributed by atoms with van der Waals surface area (Å²) in [7, 11) is -3.12. The van der Waals surface area contributed by atoms with Gasteiger partial charge in [-0.05, 0) is 35.4 Å². The Bertz CT molecular complexity index is 1430. The molecule has 0 aliphatic rings. The second kappa shape index (κ2) is 10.8. The molecule has 37 heavy (non-hydrogen) atoms. The minimum atomic E-state index is -4.48. The van der Waals surface area contributed by atoms with E-state index in [0.29, 0.717) is 29.1 Å². The van der Waals surface area contributed by atoms with Crippen LogP contribution in [-0.4, -0.2) is 22.1 Å². The number of benzene rings is 1. The zero-order valence-electron chi connectivity index (χ0n) is 19.6. The molecule has 1 atom stereocenters. The lowest BCUT2D eigenvalue weighted by molar-refractivity contribution is -0.711. The normalized spacial score (nSPS) is 13.4. The van der Waals surface area contributed by atoms with Crippen LogP contribution in [0.25, 0.3) is 11.3 Å². The zero-order valence-corrected chi connectivity index (χ0v) is 20.4. The summed E-state index contributed by atoms with van der Waals surface area (Å²) in [4.78, 5) is 13.1. The van der Waals surface area contributed by atoms with Crippen molar-refractivity contribution in [3.8, 4) is 11.3 Å². The van der Waals surface area contributed by atoms with Crippen molar-refractivity contribution in [2.45, 2.75) is 25.7 Å². The second-order valence-electron chi connectivity index (χ2n) is 8.05. The fraction of sp³-hybridized carbons (Fsp3) is 0.208. The molecule has 3 N–H and O–H groups in total. The van der Waals surface area contributed by atoms with Crippen molar-refractivity contribution in [1.29, 1.82) is 0 Å². The highest BCUT2D eigenvalue weighted by molar-refractivity contribution is 7.47. The third-order valence-corrected chi connectivity index (χ3v) is 6.32. The molecule has 13 heteroatoms. The van der Waals surface area contributed by atoms with Gasteiger partial charge in [0.05, 0.1) is 11.9 Å². The maximum atomic E-state index is 12.9. The van der Waals surface area contributed by atoms with Gasteiger partial charge in [-0.3, -0.25) is 10.3 Å². The van der Waals surface area contributed by atoms with E-state index in [2.05, 4.69) is 14.7 Å². The van der Waals surface area contributed by atoms with Crippen LogP contribution in [0.3, 0.4) is 0 Å². The van der Waals surface area contributed by atoms with Crippen molar-refractivity contribution in [3.63, 3.8) is 0 Å². The van der Waals surface area contributed by atoms with Crippen LogP contribution in [0.4, 0.5) is 19.0 Å². The average Bonchev–Trinajstić information content (AvgIpc) is 3.32. The van der Waals surface area contributed by atoms with Gasteiger partial charge in [-0.15, -0.1) is 0 Å². The highest BCUT2D eigenvalue weighted by atomic mass is 31.2. The number of phosphoric ester groups is 1. The van der Waals surface area contributed by atoms with Crippen LogP contribution in [-0.2, 0) is 39.4 Å². The molecule has 0 amide bonds. The lowest BCUT2D eigenvalue weighted by atomic mass is 10.0. The molecule has 1 aromatic carbocycles. The third kappa shape index (κ3) is 6.80. The number of nitrogens with zero attached hydrogens (tertiary/aromatic N) is 3. The second-order valence-corrected chi connectivity index (χ2v) is 9.61. The summed E-state index contributed by atoms with van der Waals surface area (Å²) in [6.45, 7) is -0.315. The number of nitrogens with two attached hydrogens (primary N) is 1. The Balaban J connectivity index is 1.43. The molecule has 3 aromatic heterocycles. The Morgan fingerprint density at radius 1 is 1.05 bits per heavy atom. The number of phosphoric acid groups is 1. The smallest absolute Gasteiger partial charge is 0.356 e. The van der Waals surface area contributed by atoms with Gasteiger partial charge in [0.15, 0.2) is 5.76 Å². The van der Waals surface area contributed by atoms with Crippen LogP contribution in [0.1, 0.15) is 28.2 Å². The predicted molar refractivity (Wildman–Crippen MR) is 126 cm³/mol. The molecule has 194 valence electrons.